The molecular weight excluding hydrogens is 452 g/mol. The lowest BCUT2D eigenvalue weighted by atomic mass is 10.2. The predicted octanol–water partition coefficient (Wildman–Crippen LogP) is 7.38. The summed E-state index contributed by atoms with van der Waals surface area (Å²) in [6, 6.07) is 0. The number of hydrogen-bond acceptors (Lipinski definition) is 2. The first kappa shape index (κ1) is 39.1. The van der Waals surface area contributed by atoms with E-state index in [1.165, 1.54) is 125 Å². The van der Waals surface area contributed by atoms with E-state index in [0.717, 1.165) is 0 Å². The van der Waals surface area contributed by atoms with Crippen LogP contribution in [-0.2, 0) is 9.59 Å². The Balaban J connectivity index is -0.000000472. The molecule has 0 aliphatic heterocycles. The van der Waals surface area contributed by atoms with Crippen molar-refractivity contribution in [3.8, 4) is 0 Å². The lowest BCUT2D eigenvalue weighted by Crippen LogP contribution is -2.46. The van der Waals surface area contributed by atoms with Crippen LogP contribution >= 0.6 is 0 Å². The molecule has 0 radical (unpaired) electrons. The highest BCUT2D eigenvalue weighted by molar-refractivity contribution is 5.89. The van der Waals surface area contributed by atoms with Gasteiger partial charge in [0.1, 0.15) is 0 Å². The molecule has 0 saturated carbocycles. The Bertz CT molecular complexity index is 445. The summed E-state index contributed by atoms with van der Waals surface area (Å²) in [5.74, 6) is -2.51. The van der Waals surface area contributed by atoms with Crippen molar-refractivity contribution in [1.82, 2.24) is 0 Å². The van der Waals surface area contributed by atoms with Crippen LogP contribution in [0.1, 0.15) is 119 Å². The molecule has 0 aliphatic carbocycles. The van der Waals surface area contributed by atoms with Gasteiger partial charge in [0, 0.05) is 12.2 Å². The number of carboxylic acids is 2. The fourth-order valence-electron chi connectivity index (χ4n) is 4.05. The lowest BCUT2D eigenvalue weighted by Gasteiger charge is -2.34. The Kier molecular flexibility index (Phi) is 29.0. The zero-order valence-corrected chi connectivity index (χ0v) is 25.5. The average molecular weight is 517 g/mol. The number of aliphatic carboxylic acids is 2. The first-order chi connectivity index (χ1) is 17.0. The van der Waals surface area contributed by atoms with Crippen molar-refractivity contribution in [2.45, 2.75) is 119 Å². The molecule has 6 heteroatoms. The van der Waals surface area contributed by atoms with Gasteiger partial charge in [0.25, 0.3) is 0 Å². The predicted molar refractivity (Wildman–Crippen MR) is 155 cm³/mol. The molecule has 2 N–H and O–H groups in total. The third-order valence-electron chi connectivity index (χ3n) is 6.68. The van der Waals surface area contributed by atoms with E-state index >= 15 is 0 Å². The number of nitrogens with zero attached hydrogens (tertiary/aromatic N) is 2. The number of quaternary nitrogens is 2. The molecule has 0 aromatic carbocycles. The average Bonchev–Trinajstić information content (AvgIpc) is 2.86. The molecule has 0 aliphatic rings. The summed E-state index contributed by atoms with van der Waals surface area (Å²) in [6.07, 6.45) is 17.5. The summed E-state index contributed by atoms with van der Waals surface area (Å²) < 4.78 is 2.63. The molecule has 0 rings (SSSR count). The minimum atomic E-state index is -1.26. The van der Waals surface area contributed by atoms with Crippen LogP contribution in [0.4, 0.5) is 0 Å². The number of rotatable bonds is 20. The molecule has 0 aromatic rings. The summed E-state index contributed by atoms with van der Waals surface area (Å²) in [4.78, 5) is 19.1. The van der Waals surface area contributed by atoms with Crippen molar-refractivity contribution < 1.29 is 28.8 Å². The van der Waals surface area contributed by atoms with Crippen LogP contribution in [0.5, 0.6) is 0 Å². The largest absolute Gasteiger partial charge is 0.478 e. The third-order valence-corrected chi connectivity index (χ3v) is 6.68. The molecule has 0 heterocycles. The first-order valence-electron chi connectivity index (χ1n) is 14.8. The van der Waals surface area contributed by atoms with Crippen molar-refractivity contribution in [2.75, 3.05) is 53.4 Å². The fraction of sp³-hybridized carbons (Fsp3) is 0.867. The number of unbranched alkanes of at least 4 members (excludes halogenated alkanes) is 6. The standard InChI is InChI=1S/2C13H30N.C4H4O4/c2*1-5-8-11-14(4,12-9-6-2)13-10-7-3;5-3(6)1-2-4(7)8/h2*5-13H2,1-4H3;1-2H,(H,5,6)(H,7,8)/q2*+1;/b;;2-1-. The van der Waals surface area contributed by atoms with Crippen molar-refractivity contribution in [3.63, 3.8) is 0 Å². The van der Waals surface area contributed by atoms with Crippen LogP contribution in [0.15, 0.2) is 12.2 Å². The molecule has 0 bridgehead atoms. The van der Waals surface area contributed by atoms with Crippen molar-refractivity contribution in [2.24, 2.45) is 0 Å². The van der Waals surface area contributed by atoms with Crippen molar-refractivity contribution in [1.29, 1.82) is 0 Å². The van der Waals surface area contributed by atoms with E-state index in [-0.39, 0.29) is 0 Å². The lowest BCUT2D eigenvalue weighted by molar-refractivity contribution is -0.910. The number of carbonyl (C=O) groups is 2. The Hall–Kier alpha value is -1.40. The minimum Gasteiger partial charge on any atom is -0.478 e. The highest BCUT2D eigenvalue weighted by atomic mass is 16.4. The quantitative estimate of drug-likeness (QED) is 0.131. The van der Waals surface area contributed by atoms with Gasteiger partial charge >= 0.3 is 11.9 Å². The van der Waals surface area contributed by atoms with E-state index < -0.39 is 11.9 Å². The smallest absolute Gasteiger partial charge is 0.328 e. The molecule has 0 aromatic heterocycles. The summed E-state index contributed by atoms with van der Waals surface area (Å²) in [5, 5.41) is 15.6. The van der Waals surface area contributed by atoms with E-state index in [9.17, 15) is 9.59 Å². The third kappa shape index (κ3) is 28.8. The van der Waals surface area contributed by atoms with Gasteiger partial charge in [-0.05, 0) is 38.5 Å². The zero-order valence-electron chi connectivity index (χ0n) is 25.5. The molecule has 0 spiro atoms. The van der Waals surface area contributed by atoms with E-state index in [1.807, 2.05) is 0 Å². The van der Waals surface area contributed by atoms with E-state index in [1.54, 1.807) is 0 Å². The maximum Gasteiger partial charge on any atom is 0.328 e. The topological polar surface area (TPSA) is 74.6 Å². The van der Waals surface area contributed by atoms with Gasteiger partial charge in [-0.2, -0.15) is 0 Å². The molecule has 0 fully saturated rings. The van der Waals surface area contributed by atoms with Gasteiger partial charge in [-0.15, -0.1) is 0 Å². The zero-order chi connectivity index (χ0) is 28.3. The highest BCUT2D eigenvalue weighted by Crippen LogP contribution is 2.11. The van der Waals surface area contributed by atoms with Crippen LogP contribution in [0, 0.1) is 0 Å². The highest BCUT2D eigenvalue weighted by Gasteiger charge is 2.19. The molecule has 0 amide bonds. The Morgan fingerprint density at radius 3 is 0.750 bits per heavy atom. The second-order valence-corrected chi connectivity index (χ2v) is 10.7. The summed E-state index contributed by atoms with van der Waals surface area (Å²) >= 11 is 0. The van der Waals surface area contributed by atoms with Gasteiger partial charge in [-0.25, -0.2) is 9.59 Å². The van der Waals surface area contributed by atoms with Crippen molar-refractivity contribution >= 4 is 11.9 Å². The number of carboxylic acid groups (broad SMARTS) is 2. The minimum absolute atomic E-state index is 0.558. The fourth-order valence-corrected chi connectivity index (χ4v) is 4.05. The van der Waals surface area contributed by atoms with Crippen LogP contribution in [0.25, 0.3) is 0 Å². The molecule has 6 nitrogen and oxygen atoms in total. The first-order valence-corrected chi connectivity index (χ1v) is 14.8. The summed E-state index contributed by atoms with van der Waals surface area (Å²) in [5.41, 5.74) is 0. The Labute approximate surface area is 224 Å². The van der Waals surface area contributed by atoms with Gasteiger partial charge in [-0.3, -0.25) is 0 Å². The molecule has 0 saturated heterocycles. The molecule has 0 unspecified atom stereocenters. The maximum absolute atomic E-state index is 9.55. The summed E-state index contributed by atoms with van der Waals surface area (Å²) in [7, 11) is 4.89. The molecular formula is C30H64N2O4+2. The number of hydrogen-bond donors (Lipinski definition) is 2. The maximum atomic E-state index is 9.55. The van der Waals surface area contributed by atoms with Gasteiger partial charge in [0.15, 0.2) is 0 Å². The summed E-state index contributed by atoms with van der Waals surface area (Å²) in [6.45, 7) is 22.1. The van der Waals surface area contributed by atoms with Gasteiger partial charge < -0.3 is 19.2 Å². The second kappa shape index (κ2) is 26.7. The van der Waals surface area contributed by atoms with Gasteiger partial charge in [0.05, 0.1) is 53.4 Å². The molecule has 0 atom stereocenters. The van der Waals surface area contributed by atoms with Crippen LogP contribution in [0.3, 0.4) is 0 Å². The van der Waals surface area contributed by atoms with Crippen LogP contribution in [0.2, 0.25) is 0 Å². The monoisotopic (exact) mass is 516 g/mol. The van der Waals surface area contributed by atoms with Crippen LogP contribution in [-0.4, -0.2) is 84.5 Å². The van der Waals surface area contributed by atoms with E-state index in [4.69, 9.17) is 10.2 Å². The van der Waals surface area contributed by atoms with E-state index in [0.29, 0.717) is 12.2 Å². The molecule has 36 heavy (non-hydrogen) atoms. The Morgan fingerprint density at radius 2 is 0.639 bits per heavy atom. The van der Waals surface area contributed by atoms with E-state index in [2.05, 4.69) is 55.6 Å². The second-order valence-electron chi connectivity index (χ2n) is 10.7. The van der Waals surface area contributed by atoms with Crippen molar-refractivity contribution in [3.05, 3.63) is 12.2 Å². The Morgan fingerprint density at radius 1 is 0.472 bits per heavy atom. The normalized spacial score (nSPS) is 11.4. The van der Waals surface area contributed by atoms with Gasteiger partial charge in [0.2, 0.25) is 0 Å². The van der Waals surface area contributed by atoms with Crippen LogP contribution < -0.4 is 0 Å². The molecule has 216 valence electrons. The SMILES string of the molecule is CCCC[N+](C)(CCCC)CCCC.CCCC[N+](C)(CCCC)CCCC.O=C(O)/C=C\C(=O)O. The van der Waals surface area contributed by atoms with Gasteiger partial charge in [-0.1, -0.05) is 80.1 Å².